The molecule has 0 unspecified atom stereocenters. The van der Waals surface area contributed by atoms with Gasteiger partial charge in [0.05, 0.1) is 0 Å². The van der Waals surface area contributed by atoms with Gasteiger partial charge in [-0.25, -0.2) is 0 Å². The molecular weight excluding hydrogens is 258 g/mol. The molecule has 1 saturated heterocycles. The number of nitrogens with zero attached hydrogens (tertiary/aromatic N) is 1. The van der Waals surface area contributed by atoms with E-state index in [9.17, 15) is 0 Å². The van der Waals surface area contributed by atoms with E-state index in [2.05, 4.69) is 67.4 Å². The zero-order chi connectivity index (χ0) is 14.4. The second-order valence-electron chi connectivity index (χ2n) is 6.46. The van der Waals surface area contributed by atoms with Gasteiger partial charge in [-0.15, -0.1) is 0 Å². The highest BCUT2D eigenvalue weighted by Gasteiger charge is 2.51. The van der Waals surface area contributed by atoms with Crippen LogP contribution >= 0.6 is 0 Å². The lowest BCUT2D eigenvalue weighted by atomic mass is 9.74. The van der Waals surface area contributed by atoms with Crippen molar-refractivity contribution in [2.24, 2.45) is 0 Å². The Balaban J connectivity index is 1.84. The summed E-state index contributed by atoms with van der Waals surface area (Å²) in [6, 6.07) is 17.4. The van der Waals surface area contributed by atoms with Crippen molar-refractivity contribution in [2.45, 2.75) is 24.9 Å². The third-order valence-corrected chi connectivity index (χ3v) is 5.05. The Labute approximate surface area is 126 Å². The molecule has 0 radical (unpaired) electrons. The second kappa shape index (κ2) is 4.60. The Morgan fingerprint density at radius 2 is 1.86 bits per heavy atom. The number of ether oxygens (including phenoxy) is 1. The van der Waals surface area contributed by atoms with E-state index < -0.39 is 0 Å². The summed E-state index contributed by atoms with van der Waals surface area (Å²) < 4.78 is 6.55. The molecule has 0 saturated carbocycles. The van der Waals surface area contributed by atoms with Crippen molar-refractivity contribution in [2.75, 3.05) is 20.1 Å². The van der Waals surface area contributed by atoms with Crippen molar-refractivity contribution in [1.29, 1.82) is 0 Å². The molecule has 1 fully saturated rings. The standard InChI is InChI=1S/C19H21NO/c1-14-7-9-15(10-8-14)19-11-12-20(2)13-17(19)16-5-3-4-6-18(16)21-19/h3-10,17H,11-13H2,1-2H3/t17-,19+/m0/s1. The molecule has 2 aliphatic heterocycles. The third kappa shape index (κ3) is 1.90. The molecule has 2 nitrogen and oxygen atoms in total. The van der Waals surface area contributed by atoms with Crippen molar-refractivity contribution < 1.29 is 4.74 Å². The number of rotatable bonds is 1. The summed E-state index contributed by atoms with van der Waals surface area (Å²) >= 11 is 0. The molecule has 0 N–H and O–H groups in total. The minimum absolute atomic E-state index is 0.177. The highest BCUT2D eigenvalue weighted by molar-refractivity contribution is 5.47. The average Bonchev–Trinajstić information content (AvgIpc) is 2.83. The molecule has 0 aromatic heterocycles. The quantitative estimate of drug-likeness (QED) is 0.789. The van der Waals surface area contributed by atoms with Crippen molar-refractivity contribution in [3.8, 4) is 5.75 Å². The maximum atomic E-state index is 6.55. The summed E-state index contributed by atoms with van der Waals surface area (Å²) in [7, 11) is 2.21. The van der Waals surface area contributed by atoms with Crippen LogP contribution in [-0.2, 0) is 5.60 Å². The zero-order valence-corrected chi connectivity index (χ0v) is 12.7. The van der Waals surface area contributed by atoms with Crippen LogP contribution in [0, 0.1) is 6.92 Å². The zero-order valence-electron chi connectivity index (χ0n) is 12.7. The molecule has 2 aromatic rings. The van der Waals surface area contributed by atoms with Gasteiger partial charge in [-0.05, 0) is 25.6 Å². The molecule has 21 heavy (non-hydrogen) atoms. The molecule has 2 atom stereocenters. The molecule has 108 valence electrons. The van der Waals surface area contributed by atoms with E-state index in [1.165, 1.54) is 16.7 Å². The Bertz CT molecular complexity index is 664. The van der Waals surface area contributed by atoms with Crippen molar-refractivity contribution in [3.05, 3.63) is 65.2 Å². The Morgan fingerprint density at radius 1 is 1.10 bits per heavy atom. The number of likely N-dealkylation sites (N-methyl/N-ethyl adjacent to an activating group) is 1. The number of benzene rings is 2. The highest BCUT2D eigenvalue weighted by Crippen LogP contribution is 2.54. The second-order valence-corrected chi connectivity index (χ2v) is 6.46. The minimum atomic E-state index is -0.177. The Hall–Kier alpha value is -1.80. The van der Waals surface area contributed by atoms with E-state index in [4.69, 9.17) is 4.74 Å². The van der Waals surface area contributed by atoms with Crippen LogP contribution < -0.4 is 4.74 Å². The fourth-order valence-electron chi connectivity index (χ4n) is 3.85. The number of piperidine rings is 1. The maximum Gasteiger partial charge on any atom is 0.143 e. The van der Waals surface area contributed by atoms with Gasteiger partial charge >= 0.3 is 0 Å². The van der Waals surface area contributed by atoms with Crippen molar-refractivity contribution >= 4 is 0 Å². The molecule has 0 aliphatic carbocycles. The number of hydrogen-bond donors (Lipinski definition) is 0. The predicted octanol–water partition coefficient (Wildman–Crippen LogP) is 3.70. The van der Waals surface area contributed by atoms with Gasteiger partial charge in [0.1, 0.15) is 11.4 Å². The maximum absolute atomic E-state index is 6.55. The van der Waals surface area contributed by atoms with Gasteiger partial charge in [0.2, 0.25) is 0 Å². The average molecular weight is 279 g/mol. The molecule has 4 rings (SSSR count). The number of para-hydroxylation sites is 1. The monoisotopic (exact) mass is 279 g/mol. The summed E-state index contributed by atoms with van der Waals surface area (Å²) in [5, 5.41) is 0. The lowest BCUT2D eigenvalue weighted by Crippen LogP contribution is -2.47. The van der Waals surface area contributed by atoms with Crippen LogP contribution in [0.25, 0.3) is 0 Å². The van der Waals surface area contributed by atoms with Crippen molar-refractivity contribution in [1.82, 2.24) is 4.90 Å². The number of aryl methyl sites for hydroxylation is 1. The van der Waals surface area contributed by atoms with E-state index in [0.717, 1.165) is 25.3 Å². The van der Waals surface area contributed by atoms with E-state index in [1.54, 1.807) is 0 Å². The van der Waals surface area contributed by atoms with Crippen LogP contribution in [0.3, 0.4) is 0 Å². The van der Waals surface area contributed by atoms with Gasteiger partial charge in [-0.2, -0.15) is 0 Å². The van der Waals surface area contributed by atoms with Gasteiger partial charge in [0.15, 0.2) is 0 Å². The van der Waals surface area contributed by atoms with Gasteiger partial charge in [0, 0.05) is 31.0 Å². The predicted molar refractivity (Wildman–Crippen MR) is 84.8 cm³/mol. The fourth-order valence-corrected chi connectivity index (χ4v) is 3.85. The summed E-state index contributed by atoms with van der Waals surface area (Å²) in [6.07, 6.45) is 1.05. The number of hydrogen-bond acceptors (Lipinski definition) is 2. The van der Waals surface area contributed by atoms with E-state index >= 15 is 0 Å². The van der Waals surface area contributed by atoms with Crippen LogP contribution in [0.15, 0.2) is 48.5 Å². The number of fused-ring (bicyclic) bond motifs is 3. The van der Waals surface area contributed by atoms with Crippen LogP contribution in [0.5, 0.6) is 5.75 Å². The normalized spacial score (nSPS) is 27.8. The first-order valence-electron chi connectivity index (χ1n) is 7.73. The van der Waals surface area contributed by atoms with E-state index in [1.807, 2.05) is 0 Å². The van der Waals surface area contributed by atoms with Crippen LogP contribution in [-0.4, -0.2) is 25.0 Å². The van der Waals surface area contributed by atoms with Crippen molar-refractivity contribution in [3.63, 3.8) is 0 Å². The Kier molecular flexibility index (Phi) is 2.83. The SMILES string of the molecule is Cc1ccc([C@]23CCN(C)C[C@H]2c2ccccc2O3)cc1. The Morgan fingerprint density at radius 3 is 2.67 bits per heavy atom. The summed E-state index contributed by atoms with van der Waals surface area (Å²) in [6.45, 7) is 4.28. The fraction of sp³-hybridized carbons (Fsp3) is 0.368. The first kappa shape index (κ1) is 12.9. The molecular formula is C19H21NO. The third-order valence-electron chi connectivity index (χ3n) is 5.05. The molecule has 2 aromatic carbocycles. The van der Waals surface area contributed by atoms with E-state index in [-0.39, 0.29) is 5.60 Å². The van der Waals surface area contributed by atoms with E-state index in [0.29, 0.717) is 5.92 Å². The lowest BCUT2D eigenvalue weighted by molar-refractivity contribution is 0.00702. The molecule has 0 bridgehead atoms. The molecule has 0 spiro atoms. The molecule has 2 aliphatic rings. The van der Waals surface area contributed by atoms with Crippen LogP contribution in [0.1, 0.15) is 29.0 Å². The smallest absolute Gasteiger partial charge is 0.143 e. The summed E-state index contributed by atoms with van der Waals surface area (Å²) in [5.41, 5.74) is 3.81. The highest BCUT2D eigenvalue weighted by atomic mass is 16.5. The first-order valence-corrected chi connectivity index (χ1v) is 7.73. The van der Waals surface area contributed by atoms with Crippen LogP contribution in [0.2, 0.25) is 0 Å². The summed E-state index contributed by atoms with van der Waals surface area (Å²) in [4.78, 5) is 2.42. The molecule has 2 heteroatoms. The van der Waals surface area contributed by atoms with Crippen LogP contribution in [0.4, 0.5) is 0 Å². The molecule has 0 amide bonds. The van der Waals surface area contributed by atoms with Gasteiger partial charge in [-0.3, -0.25) is 0 Å². The molecule has 2 heterocycles. The first-order chi connectivity index (χ1) is 10.2. The number of likely N-dealkylation sites (tertiary alicyclic amines) is 1. The van der Waals surface area contributed by atoms with Gasteiger partial charge < -0.3 is 9.64 Å². The largest absolute Gasteiger partial charge is 0.482 e. The van der Waals surface area contributed by atoms with Gasteiger partial charge in [-0.1, -0.05) is 48.0 Å². The van der Waals surface area contributed by atoms with Gasteiger partial charge in [0.25, 0.3) is 0 Å². The minimum Gasteiger partial charge on any atom is -0.482 e. The summed E-state index contributed by atoms with van der Waals surface area (Å²) in [5.74, 6) is 1.49. The topological polar surface area (TPSA) is 12.5 Å². The lowest BCUT2D eigenvalue weighted by Gasteiger charge is -2.42.